The van der Waals surface area contributed by atoms with E-state index in [-0.39, 0.29) is 29.8 Å². The highest BCUT2D eigenvalue weighted by Gasteiger charge is 2.32. The summed E-state index contributed by atoms with van der Waals surface area (Å²) in [6.07, 6.45) is -4.11. The van der Waals surface area contributed by atoms with Crippen LogP contribution in [-0.2, 0) is 0 Å². The van der Waals surface area contributed by atoms with Crippen LogP contribution in [0.5, 0.6) is 5.75 Å². The van der Waals surface area contributed by atoms with Crippen molar-refractivity contribution in [2.75, 3.05) is 26.2 Å². The lowest BCUT2D eigenvalue weighted by Crippen LogP contribution is -2.45. The van der Waals surface area contributed by atoms with Gasteiger partial charge in [0.25, 0.3) is 0 Å². The second-order valence-corrected chi connectivity index (χ2v) is 6.16. The summed E-state index contributed by atoms with van der Waals surface area (Å²) in [5, 5.41) is 3.22. The van der Waals surface area contributed by atoms with Gasteiger partial charge in [-0.15, -0.1) is 25.6 Å². The average Bonchev–Trinajstić information content (AvgIpc) is 2.46. The molecule has 1 N–H and O–H groups in total. The van der Waals surface area contributed by atoms with Gasteiger partial charge in [0.2, 0.25) is 0 Å². The van der Waals surface area contributed by atoms with Crippen molar-refractivity contribution < 1.29 is 22.3 Å². The van der Waals surface area contributed by atoms with Gasteiger partial charge < -0.3 is 10.1 Å². The largest absolute Gasteiger partial charge is 0.573 e. The van der Waals surface area contributed by atoms with E-state index in [0.717, 1.165) is 38.3 Å². The Hall–Kier alpha value is -1.05. The molecule has 1 aromatic carbocycles. The van der Waals surface area contributed by atoms with Crippen molar-refractivity contribution in [1.82, 2.24) is 10.2 Å². The molecule has 24 heavy (non-hydrogen) atoms. The van der Waals surface area contributed by atoms with Gasteiger partial charge in [0.1, 0.15) is 11.6 Å². The van der Waals surface area contributed by atoms with Gasteiger partial charge in [0.15, 0.2) is 0 Å². The topological polar surface area (TPSA) is 24.5 Å². The second-order valence-electron chi connectivity index (χ2n) is 6.16. The fourth-order valence-electron chi connectivity index (χ4n) is 2.89. The van der Waals surface area contributed by atoms with Crippen molar-refractivity contribution >= 4 is 12.4 Å². The normalized spacial score (nSPS) is 17.5. The number of alkyl halides is 3. The van der Waals surface area contributed by atoms with E-state index in [0.29, 0.717) is 12.3 Å². The summed E-state index contributed by atoms with van der Waals surface area (Å²) in [5.74, 6) is -0.581. The summed E-state index contributed by atoms with van der Waals surface area (Å²) < 4.78 is 55.4. The fourth-order valence-corrected chi connectivity index (χ4v) is 2.89. The number of hydrogen-bond acceptors (Lipinski definition) is 3. The molecule has 1 aromatic rings. The van der Waals surface area contributed by atoms with Gasteiger partial charge in [0, 0.05) is 37.8 Å². The van der Waals surface area contributed by atoms with Crippen LogP contribution in [0.25, 0.3) is 0 Å². The highest BCUT2D eigenvalue weighted by atomic mass is 35.5. The van der Waals surface area contributed by atoms with Crippen LogP contribution in [0, 0.1) is 11.7 Å². The molecule has 1 fully saturated rings. The highest BCUT2D eigenvalue weighted by molar-refractivity contribution is 5.85. The van der Waals surface area contributed by atoms with E-state index in [1.54, 1.807) is 0 Å². The third kappa shape index (κ3) is 6.11. The molecule has 8 heteroatoms. The van der Waals surface area contributed by atoms with Gasteiger partial charge in [-0.05, 0) is 30.5 Å². The Morgan fingerprint density at radius 3 is 2.38 bits per heavy atom. The third-order valence-corrected chi connectivity index (χ3v) is 3.85. The predicted molar refractivity (Wildman–Crippen MR) is 87.0 cm³/mol. The maximum absolute atomic E-state index is 14.3. The molecule has 0 aliphatic carbocycles. The van der Waals surface area contributed by atoms with Crippen LogP contribution in [0.15, 0.2) is 18.2 Å². The van der Waals surface area contributed by atoms with E-state index in [9.17, 15) is 17.6 Å². The van der Waals surface area contributed by atoms with Gasteiger partial charge in [-0.3, -0.25) is 4.90 Å². The minimum Gasteiger partial charge on any atom is -0.406 e. The Bertz CT molecular complexity index is 519. The van der Waals surface area contributed by atoms with Crippen molar-refractivity contribution in [2.45, 2.75) is 32.7 Å². The first kappa shape index (κ1) is 21.0. The van der Waals surface area contributed by atoms with Gasteiger partial charge in [-0.25, -0.2) is 4.39 Å². The summed E-state index contributed by atoms with van der Waals surface area (Å²) in [7, 11) is 0. The van der Waals surface area contributed by atoms with Gasteiger partial charge in [0.05, 0.1) is 0 Å². The van der Waals surface area contributed by atoms with Crippen LogP contribution >= 0.6 is 12.4 Å². The van der Waals surface area contributed by atoms with Crippen molar-refractivity contribution in [1.29, 1.82) is 0 Å². The van der Waals surface area contributed by atoms with Gasteiger partial charge in [-0.1, -0.05) is 13.8 Å². The number of ether oxygens (including phenoxy) is 1. The second kappa shape index (κ2) is 8.87. The van der Waals surface area contributed by atoms with Crippen molar-refractivity contribution in [3.05, 3.63) is 29.6 Å². The minimum atomic E-state index is -4.78. The maximum Gasteiger partial charge on any atom is 0.573 e. The van der Waals surface area contributed by atoms with E-state index in [2.05, 4.69) is 15.0 Å². The number of benzene rings is 1. The van der Waals surface area contributed by atoms with E-state index < -0.39 is 12.2 Å². The smallest absolute Gasteiger partial charge is 0.406 e. The Morgan fingerprint density at radius 2 is 1.83 bits per heavy atom. The number of nitrogens with zero attached hydrogens (tertiary/aromatic N) is 1. The molecule has 138 valence electrons. The minimum absolute atomic E-state index is 0. The SMILES string of the molecule is CC(C)C[C@H](c1cc(OC(F)(F)F)ccc1F)N1CCNCC1.Cl. The first-order valence-corrected chi connectivity index (χ1v) is 7.76. The summed E-state index contributed by atoms with van der Waals surface area (Å²) in [4.78, 5) is 2.12. The molecular formula is C16H23ClF4N2O. The molecule has 3 nitrogen and oxygen atoms in total. The van der Waals surface area contributed by atoms with Gasteiger partial charge >= 0.3 is 6.36 Å². The van der Waals surface area contributed by atoms with Crippen LogP contribution in [0.4, 0.5) is 17.6 Å². The number of nitrogens with one attached hydrogen (secondary N) is 1. The molecule has 0 bridgehead atoms. The van der Waals surface area contributed by atoms with Crippen molar-refractivity contribution in [2.24, 2.45) is 5.92 Å². The van der Waals surface area contributed by atoms with E-state index in [1.807, 2.05) is 13.8 Å². The molecule has 1 heterocycles. The zero-order valence-electron chi connectivity index (χ0n) is 13.7. The Kier molecular flexibility index (Phi) is 7.76. The van der Waals surface area contributed by atoms with Crippen molar-refractivity contribution in [3.8, 4) is 5.75 Å². The molecule has 0 radical (unpaired) electrons. The monoisotopic (exact) mass is 370 g/mol. The molecule has 0 saturated carbocycles. The first-order valence-electron chi connectivity index (χ1n) is 7.76. The Balaban J connectivity index is 0.00000288. The van der Waals surface area contributed by atoms with E-state index in [1.165, 1.54) is 6.07 Å². The molecule has 0 amide bonds. The number of halogens is 5. The Labute approximate surface area is 145 Å². The zero-order valence-corrected chi connectivity index (χ0v) is 14.5. The fraction of sp³-hybridized carbons (Fsp3) is 0.625. The highest BCUT2D eigenvalue weighted by Crippen LogP contribution is 2.33. The zero-order chi connectivity index (χ0) is 17.0. The van der Waals surface area contributed by atoms with Crippen LogP contribution in [0.2, 0.25) is 0 Å². The van der Waals surface area contributed by atoms with E-state index >= 15 is 0 Å². The first-order chi connectivity index (χ1) is 10.8. The quantitative estimate of drug-likeness (QED) is 0.788. The Morgan fingerprint density at radius 1 is 1.21 bits per heavy atom. The molecule has 1 atom stereocenters. The van der Waals surface area contributed by atoms with Crippen LogP contribution in [0.3, 0.4) is 0 Å². The molecule has 1 aliphatic rings. The lowest BCUT2D eigenvalue weighted by Gasteiger charge is -2.36. The summed E-state index contributed by atoms with van der Waals surface area (Å²) in [6.45, 7) is 7.08. The molecule has 1 saturated heterocycles. The predicted octanol–water partition coefficient (Wildman–Crippen LogP) is 4.14. The summed E-state index contributed by atoms with van der Waals surface area (Å²) in [6, 6.07) is 2.98. The van der Waals surface area contributed by atoms with Crippen LogP contribution < -0.4 is 10.1 Å². The average molecular weight is 371 g/mol. The summed E-state index contributed by atoms with van der Waals surface area (Å²) in [5.41, 5.74) is 0.266. The standard InChI is InChI=1S/C16H22F4N2O.ClH/c1-11(2)9-15(22-7-5-21-6-8-22)13-10-12(3-4-14(13)17)23-16(18,19)20;/h3-4,10-11,15,21H,5-9H2,1-2H3;1H/t15-;/m1./s1. The molecular weight excluding hydrogens is 348 g/mol. The molecule has 1 aliphatic heterocycles. The van der Waals surface area contributed by atoms with Crippen LogP contribution in [-0.4, -0.2) is 37.4 Å². The van der Waals surface area contributed by atoms with Gasteiger partial charge in [-0.2, -0.15) is 0 Å². The molecule has 0 aromatic heterocycles. The lowest BCUT2D eigenvalue weighted by molar-refractivity contribution is -0.274. The number of hydrogen-bond donors (Lipinski definition) is 1. The molecule has 2 rings (SSSR count). The lowest BCUT2D eigenvalue weighted by atomic mass is 9.94. The van der Waals surface area contributed by atoms with E-state index in [4.69, 9.17) is 0 Å². The number of piperazine rings is 1. The molecule has 0 spiro atoms. The number of rotatable bonds is 5. The third-order valence-electron chi connectivity index (χ3n) is 3.85. The van der Waals surface area contributed by atoms with Crippen molar-refractivity contribution in [3.63, 3.8) is 0 Å². The molecule has 0 unspecified atom stereocenters. The maximum atomic E-state index is 14.3. The summed E-state index contributed by atoms with van der Waals surface area (Å²) >= 11 is 0. The van der Waals surface area contributed by atoms with Crippen LogP contribution in [0.1, 0.15) is 31.9 Å².